The van der Waals surface area contributed by atoms with Crippen molar-refractivity contribution < 1.29 is 14.3 Å². The average Bonchev–Trinajstić information content (AvgIpc) is 2.38. The molecule has 2 rings (SSSR count). The quantitative estimate of drug-likeness (QED) is 0.654. The molecule has 0 aliphatic carbocycles. The zero-order valence-corrected chi connectivity index (χ0v) is 10.4. The molecule has 0 aromatic heterocycles. The molecule has 0 bridgehead atoms. The fourth-order valence-electron chi connectivity index (χ4n) is 2.08. The number of hydrogen-bond acceptors (Lipinski definition) is 5. The van der Waals surface area contributed by atoms with Gasteiger partial charge in [0.05, 0.1) is 32.1 Å². The summed E-state index contributed by atoms with van der Waals surface area (Å²) in [5, 5.41) is 0. The van der Waals surface area contributed by atoms with Crippen LogP contribution >= 0.6 is 0 Å². The Kier molecular flexibility index (Phi) is 4.39. The van der Waals surface area contributed by atoms with E-state index in [1.165, 1.54) is 0 Å². The lowest BCUT2D eigenvalue weighted by Crippen LogP contribution is -2.40. The van der Waals surface area contributed by atoms with Gasteiger partial charge in [0.1, 0.15) is 0 Å². The Morgan fingerprint density at radius 2 is 1.53 bits per heavy atom. The predicted octanol–water partition coefficient (Wildman–Crippen LogP) is 0.0812. The molecular weight excluding hydrogens is 220 g/mol. The van der Waals surface area contributed by atoms with Gasteiger partial charge in [0.25, 0.3) is 0 Å². The van der Waals surface area contributed by atoms with Crippen LogP contribution in [0.25, 0.3) is 0 Å². The highest BCUT2D eigenvalue weighted by molar-refractivity contribution is 5.92. The SMILES string of the molecule is CC(=O)C(=CN1CCOCC1)N1CCOCC1. The molecule has 0 spiro atoms. The molecule has 0 amide bonds. The second kappa shape index (κ2) is 6.02. The smallest absolute Gasteiger partial charge is 0.177 e. The van der Waals surface area contributed by atoms with Gasteiger partial charge in [-0.2, -0.15) is 0 Å². The number of nitrogens with zero attached hydrogens (tertiary/aromatic N) is 2. The van der Waals surface area contributed by atoms with E-state index in [1.54, 1.807) is 6.92 Å². The first kappa shape index (κ1) is 12.4. The van der Waals surface area contributed by atoms with Crippen LogP contribution in [-0.4, -0.2) is 68.2 Å². The van der Waals surface area contributed by atoms with Crippen LogP contribution in [0, 0.1) is 0 Å². The van der Waals surface area contributed by atoms with E-state index >= 15 is 0 Å². The van der Waals surface area contributed by atoms with E-state index in [1.807, 2.05) is 6.20 Å². The molecule has 0 aromatic carbocycles. The maximum Gasteiger partial charge on any atom is 0.177 e. The van der Waals surface area contributed by atoms with Crippen LogP contribution in [0.4, 0.5) is 0 Å². The highest BCUT2D eigenvalue weighted by atomic mass is 16.5. The Bertz CT molecular complexity index is 292. The van der Waals surface area contributed by atoms with Gasteiger partial charge in [0, 0.05) is 39.3 Å². The van der Waals surface area contributed by atoms with E-state index in [2.05, 4.69) is 9.80 Å². The second-order valence-corrected chi connectivity index (χ2v) is 4.32. The first-order chi connectivity index (χ1) is 8.27. The highest BCUT2D eigenvalue weighted by Crippen LogP contribution is 2.11. The third-order valence-corrected chi connectivity index (χ3v) is 3.06. The van der Waals surface area contributed by atoms with Crippen LogP contribution in [0.5, 0.6) is 0 Å². The van der Waals surface area contributed by atoms with E-state index < -0.39 is 0 Å². The van der Waals surface area contributed by atoms with Crippen molar-refractivity contribution in [3.8, 4) is 0 Å². The molecule has 5 nitrogen and oxygen atoms in total. The van der Waals surface area contributed by atoms with E-state index in [9.17, 15) is 4.79 Å². The lowest BCUT2D eigenvalue weighted by Gasteiger charge is -2.32. The van der Waals surface area contributed by atoms with E-state index in [0.717, 1.165) is 45.1 Å². The van der Waals surface area contributed by atoms with Crippen LogP contribution < -0.4 is 0 Å². The Morgan fingerprint density at radius 3 is 2.06 bits per heavy atom. The fourth-order valence-corrected chi connectivity index (χ4v) is 2.08. The zero-order chi connectivity index (χ0) is 12.1. The molecule has 2 aliphatic heterocycles. The van der Waals surface area contributed by atoms with Crippen LogP contribution in [0.15, 0.2) is 11.9 Å². The van der Waals surface area contributed by atoms with Crippen molar-refractivity contribution in [1.82, 2.24) is 9.80 Å². The minimum atomic E-state index is 0.124. The zero-order valence-electron chi connectivity index (χ0n) is 10.4. The summed E-state index contributed by atoms with van der Waals surface area (Å²) in [7, 11) is 0. The number of ketones is 1. The number of carbonyl (C=O) groups is 1. The summed E-state index contributed by atoms with van der Waals surface area (Å²) >= 11 is 0. The van der Waals surface area contributed by atoms with Crippen molar-refractivity contribution in [2.75, 3.05) is 52.6 Å². The summed E-state index contributed by atoms with van der Waals surface area (Å²) in [5.74, 6) is 0.124. The van der Waals surface area contributed by atoms with Gasteiger partial charge < -0.3 is 19.3 Å². The van der Waals surface area contributed by atoms with Gasteiger partial charge in [0.2, 0.25) is 0 Å². The highest BCUT2D eigenvalue weighted by Gasteiger charge is 2.18. The largest absolute Gasteiger partial charge is 0.378 e. The van der Waals surface area contributed by atoms with Crippen molar-refractivity contribution >= 4 is 5.78 Å². The van der Waals surface area contributed by atoms with Crippen LogP contribution in [0.1, 0.15) is 6.92 Å². The fraction of sp³-hybridized carbons (Fsp3) is 0.750. The van der Waals surface area contributed by atoms with E-state index in [4.69, 9.17) is 9.47 Å². The van der Waals surface area contributed by atoms with Crippen molar-refractivity contribution in [3.05, 3.63) is 11.9 Å². The van der Waals surface area contributed by atoms with Gasteiger partial charge in [0.15, 0.2) is 5.78 Å². The number of rotatable bonds is 3. The monoisotopic (exact) mass is 240 g/mol. The van der Waals surface area contributed by atoms with Crippen LogP contribution in [0.2, 0.25) is 0 Å². The number of allylic oxidation sites excluding steroid dienone is 1. The molecule has 96 valence electrons. The third-order valence-electron chi connectivity index (χ3n) is 3.06. The molecule has 2 heterocycles. The topological polar surface area (TPSA) is 42.0 Å². The Morgan fingerprint density at radius 1 is 1.00 bits per heavy atom. The maximum absolute atomic E-state index is 11.7. The molecule has 0 aromatic rings. The minimum absolute atomic E-state index is 0.124. The summed E-state index contributed by atoms with van der Waals surface area (Å²) in [6.07, 6.45) is 1.98. The molecule has 0 unspecified atom stereocenters. The predicted molar refractivity (Wildman–Crippen MR) is 63.5 cm³/mol. The van der Waals surface area contributed by atoms with Crippen molar-refractivity contribution in [1.29, 1.82) is 0 Å². The van der Waals surface area contributed by atoms with Gasteiger partial charge in [-0.05, 0) is 0 Å². The molecule has 5 heteroatoms. The van der Waals surface area contributed by atoms with Gasteiger partial charge in [-0.3, -0.25) is 4.79 Å². The Balaban J connectivity index is 2.04. The molecule has 0 atom stereocenters. The number of hydrogen-bond donors (Lipinski definition) is 0. The third kappa shape index (κ3) is 3.44. The van der Waals surface area contributed by atoms with Gasteiger partial charge in [-0.15, -0.1) is 0 Å². The minimum Gasteiger partial charge on any atom is -0.378 e. The Hall–Kier alpha value is -1.07. The number of carbonyl (C=O) groups excluding carboxylic acids is 1. The lowest BCUT2D eigenvalue weighted by atomic mass is 10.2. The van der Waals surface area contributed by atoms with Crippen molar-refractivity contribution in [3.63, 3.8) is 0 Å². The van der Waals surface area contributed by atoms with Gasteiger partial charge in [-0.1, -0.05) is 0 Å². The molecule has 2 fully saturated rings. The molecule has 2 saturated heterocycles. The molecule has 0 radical (unpaired) electrons. The van der Waals surface area contributed by atoms with Crippen LogP contribution in [0.3, 0.4) is 0 Å². The molecule has 0 N–H and O–H groups in total. The summed E-state index contributed by atoms with van der Waals surface area (Å²) in [5.41, 5.74) is 0.801. The average molecular weight is 240 g/mol. The van der Waals surface area contributed by atoms with Gasteiger partial charge >= 0.3 is 0 Å². The number of ether oxygens (including phenoxy) is 2. The first-order valence-corrected chi connectivity index (χ1v) is 6.14. The van der Waals surface area contributed by atoms with Crippen molar-refractivity contribution in [2.24, 2.45) is 0 Å². The number of Topliss-reactive ketones (excluding diaryl/α,β-unsaturated/α-hetero) is 1. The van der Waals surface area contributed by atoms with Crippen LogP contribution in [-0.2, 0) is 14.3 Å². The summed E-state index contributed by atoms with van der Waals surface area (Å²) in [4.78, 5) is 16.0. The van der Waals surface area contributed by atoms with Crippen molar-refractivity contribution in [2.45, 2.75) is 6.92 Å². The lowest BCUT2D eigenvalue weighted by molar-refractivity contribution is -0.115. The summed E-state index contributed by atoms with van der Waals surface area (Å²) in [6, 6.07) is 0. The molecule has 2 aliphatic rings. The second-order valence-electron chi connectivity index (χ2n) is 4.32. The standard InChI is InChI=1S/C12H20N2O3/c1-11(15)12(14-4-8-17-9-5-14)10-13-2-6-16-7-3-13/h10H,2-9H2,1H3. The van der Waals surface area contributed by atoms with E-state index in [0.29, 0.717) is 13.2 Å². The molecular formula is C12H20N2O3. The molecule has 0 saturated carbocycles. The summed E-state index contributed by atoms with van der Waals surface area (Å²) < 4.78 is 10.6. The van der Waals surface area contributed by atoms with E-state index in [-0.39, 0.29) is 5.78 Å². The maximum atomic E-state index is 11.7. The Labute approximate surface area is 102 Å². The normalized spacial score (nSPS) is 22.8. The molecule has 17 heavy (non-hydrogen) atoms. The number of morpholine rings is 2. The first-order valence-electron chi connectivity index (χ1n) is 6.14. The van der Waals surface area contributed by atoms with Gasteiger partial charge in [-0.25, -0.2) is 0 Å². The summed E-state index contributed by atoms with van der Waals surface area (Å²) in [6.45, 7) is 7.84.